The van der Waals surface area contributed by atoms with Crippen LogP contribution in [-0.2, 0) is 27.3 Å². The van der Waals surface area contributed by atoms with Crippen LogP contribution in [0, 0.1) is 0 Å². The molecule has 7 nitrogen and oxygen atoms in total. The van der Waals surface area contributed by atoms with Gasteiger partial charge in [-0.05, 0) is 72.5 Å². The molecule has 2 heterocycles. The van der Waals surface area contributed by atoms with Gasteiger partial charge in [-0.25, -0.2) is 8.42 Å². The molecule has 2 atom stereocenters. The molecule has 1 unspecified atom stereocenters. The van der Waals surface area contributed by atoms with Crippen LogP contribution < -0.4 is 10.2 Å². The summed E-state index contributed by atoms with van der Waals surface area (Å²) >= 11 is 0. The summed E-state index contributed by atoms with van der Waals surface area (Å²) < 4.78 is 68.6. The number of amides is 1. The first kappa shape index (κ1) is 30.1. The van der Waals surface area contributed by atoms with Crippen LogP contribution in [0.2, 0.25) is 0 Å². The SMILES string of the molecule is CCS(=O)(=O)c1ccc(CNC(=O)c2ccc(N3CC(c4ccc(C(F)(F)F)cc4)CC[C@H]3CN3COC3)cc2)cc1. The van der Waals surface area contributed by atoms with Crippen LogP contribution in [0.3, 0.4) is 0 Å². The molecule has 1 amide bonds. The fraction of sp³-hybridized carbons (Fsp3) is 0.387. The highest BCUT2D eigenvalue weighted by molar-refractivity contribution is 7.91. The number of hydrogen-bond acceptors (Lipinski definition) is 6. The van der Waals surface area contributed by atoms with Gasteiger partial charge < -0.3 is 15.0 Å². The second-order valence-electron chi connectivity index (χ2n) is 10.8. The predicted molar refractivity (Wildman–Crippen MR) is 154 cm³/mol. The molecule has 0 radical (unpaired) electrons. The van der Waals surface area contributed by atoms with Crippen molar-refractivity contribution in [2.45, 2.75) is 49.3 Å². The number of rotatable bonds is 9. The first-order valence-electron chi connectivity index (χ1n) is 14.0. The molecule has 0 saturated carbocycles. The van der Waals surface area contributed by atoms with Crippen LogP contribution in [0.25, 0.3) is 0 Å². The summed E-state index contributed by atoms with van der Waals surface area (Å²) in [5, 5.41) is 2.88. The van der Waals surface area contributed by atoms with E-state index in [9.17, 15) is 26.4 Å². The number of piperidine rings is 1. The number of carbonyl (C=O) groups excluding carboxylic acids is 1. The summed E-state index contributed by atoms with van der Waals surface area (Å²) in [6, 6.07) is 19.5. The maximum absolute atomic E-state index is 13.1. The summed E-state index contributed by atoms with van der Waals surface area (Å²) in [5.74, 6) is -0.139. The number of sulfone groups is 1. The number of alkyl halides is 3. The van der Waals surface area contributed by atoms with E-state index in [2.05, 4.69) is 15.1 Å². The summed E-state index contributed by atoms with van der Waals surface area (Å²) in [4.78, 5) is 17.6. The monoisotopic (exact) mass is 601 g/mol. The average Bonchev–Trinajstić information content (AvgIpc) is 2.97. The third-order valence-electron chi connectivity index (χ3n) is 8.01. The van der Waals surface area contributed by atoms with E-state index in [1.165, 1.54) is 0 Å². The molecule has 2 fully saturated rings. The lowest BCUT2D eigenvalue weighted by Gasteiger charge is -2.45. The molecule has 0 aromatic heterocycles. The molecule has 0 bridgehead atoms. The van der Waals surface area contributed by atoms with Crippen LogP contribution in [0.1, 0.15) is 52.7 Å². The Morgan fingerprint density at radius 1 is 0.952 bits per heavy atom. The molecule has 42 heavy (non-hydrogen) atoms. The van der Waals surface area contributed by atoms with Gasteiger partial charge in [-0.3, -0.25) is 9.69 Å². The largest absolute Gasteiger partial charge is 0.416 e. The minimum absolute atomic E-state index is 0.0274. The van der Waals surface area contributed by atoms with Gasteiger partial charge in [0.15, 0.2) is 9.84 Å². The van der Waals surface area contributed by atoms with Crippen LogP contribution in [0.15, 0.2) is 77.7 Å². The van der Waals surface area contributed by atoms with Gasteiger partial charge in [-0.1, -0.05) is 31.2 Å². The van der Waals surface area contributed by atoms with Gasteiger partial charge in [0.25, 0.3) is 5.91 Å². The van der Waals surface area contributed by atoms with Crippen molar-refractivity contribution in [3.63, 3.8) is 0 Å². The van der Waals surface area contributed by atoms with Gasteiger partial charge in [-0.2, -0.15) is 13.2 Å². The normalized spacial score (nSPS) is 19.8. The zero-order chi connectivity index (χ0) is 29.9. The molecule has 3 aromatic carbocycles. The Hall–Kier alpha value is -3.41. The van der Waals surface area contributed by atoms with Gasteiger partial charge >= 0.3 is 6.18 Å². The molecule has 1 N–H and O–H groups in total. The molecule has 0 spiro atoms. The molecule has 11 heteroatoms. The number of nitrogens with one attached hydrogen (secondary N) is 1. The topological polar surface area (TPSA) is 79.0 Å². The summed E-state index contributed by atoms with van der Waals surface area (Å²) in [5.41, 5.74) is 2.46. The van der Waals surface area contributed by atoms with E-state index in [1.807, 2.05) is 12.1 Å². The lowest BCUT2D eigenvalue weighted by molar-refractivity contribution is -0.146. The van der Waals surface area contributed by atoms with E-state index < -0.39 is 21.6 Å². The van der Waals surface area contributed by atoms with E-state index in [0.29, 0.717) is 25.6 Å². The fourth-order valence-electron chi connectivity index (χ4n) is 5.44. The highest BCUT2D eigenvalue weighted by Gasteiger charge is 2.33. The van der Waals surface area contributed by atoms with Crippen molar-refractivity contribution in [1.82, 2.24) is 10.2 Å². The maximum Gasteiger partial charge on any atom is 0.416 e. The van der Waals surface area contributed by atoms with Gasteiger partial charge in [0.1, 0.15) is 13.5 Å². The van der Waals surface area contributed by atoms with Crippen molar-refractivity contribution in [2.24, 2.45) is 0 Å². The number of benzene rings is 3. The van der Waals surface area contributed by atoms with E-state index in [1.54, 1.807) is 55.5 Å². The molecule has 0 aliphatic carbocycles. The Morgan fingerprint density at radius 2 is 1.62 bits per heavy atom. The van der Waals surface area contributed by atoms with Crippen molar-refractivity contribution in [2.75, 3.05) is 37.2 Å². The highest BCUT2D eigenvalue weighted by Crippen LogP contribution is 2.36. The van der Waals surface area contributed by atoms with Crippen LogP contribution >= 0.6 is 0 Å². The number of hydrogen-bond donors (Lipinski definition) is 1. The highest BCUT2D eigenvalue weighted by atomic mass is 32.2. The second kappa shape index (κ2) is 12.4. The third-order valence-corrected chi connectivity index (χ3v) is 9.76. The Labute approximate surface area is 244 Å². The Kier molecular flexibility index (Phi) is 8.91. The second-order valence-corrected chi connectivity index (χ2v) is 13.1. The van der Waals surface area contributed by atoms with Crippen LogP contribution in [-0.4, -0.2) is 57.6 Å². The van der Waals surface area contributed by atoms with Gasteiger partial charge in [0, 0.05) is 42.8 Å². The Morgan fingerprint density at radius 3 is 2.19 bits per heavy atom. The Balaban J connectivity index is 1.26. The van der Waals surface area contributed by atoms with E-state index in [-0.39, 0.29) is 35.1 Å². The smallest absolute Gasteiger partial charge is 0.367 e. The van der Waals surface area contributed by atoms with Crippen molar-refractivity contribution < 1.29 is 31.1 Å². The van der Waals surface area contributed by atoms with Crippen LogP contribution in [0.4, 0.5) is 18.9 Å². The van der Waals surface area contributed by atoms with Crippen molar-refractivity contribution in [3.05, 3.63) is 95.1 Å². The standard InChI is InChI=1S/C31H34F3N3O4S/c1-2-42(39,40)29-15-3-22(4-16-29)17-35-30(38)24-7-12-27(13-8-24)37-18-25(9-14-28(37)19-36-20-41-21-36)23-5-10-26(11-6-23)31(32,33)34/h3-8,10-13,15-16,25,28H,2,9,14,17-21H2,1H3,(H,35,38)/t25?,28-/m0/s1. The van der Waals surface area contributed by atoms with Gasteiger partial charge in [-0.15, -0.1) is 0 Å². The average molecular weight is 602 g/mol. The lowest BCUT2D eigenvalue weighted by Crippen LogP contribution is -2.52. The number of ether oxygens (including phenoxy) is 1. The van der Waals surface area contributed by atoms with Gasteiger partial charge in [0.05, 0.1) is 16.2 Å². The maximum atomic E-state index is 13.1. The minimum Gasteiger partial charge on any atom is -0.367 e. The van der Waals surface area contributed by atoms with Crippen molar-refractivity contribution in [3.8, 4) is 0 Å². The van der Waals surface area contributed by atoms with Gasteiger partial charge in [0.2, 0.25) is 0 Å². The van der Waals surface area contributed by atoms with E-state index in [4.69, 9.17) is 4.74 Å². The molecule has 3 aromatic rings. The molecule has 5 rings (SSSR count). The minimum atomic E-state index is -4.36. The summed E-state index contributed by atoms with van der Waals surface area (Å²) in [6.07, 6.45) is -2.62. The van der Waals surface area contributed by atoms with E-state index >= 15 is 0 Å². The van der Waals surface area contributed by atoms with Crippen molar-refractivity contribution >= 4 is 21.4 Å². The third kappa shape index (κ3) is 6.96. The number of anilines is 1. The molecular weight excluding hydrogens is 567 g/mol. The summed E-state index contributed by atoms with van der Waals surface area (Å²) in [7, 11) is -3.28. The number of nitrogens with zero attached hydrogens (tertiary/aromatic N) is 2. The molecule has 224 valence electrons. The van der Waals surface area contributed by atoms with E-state index in [0.717, 1.165) is 48.3 Å². The van der Waals surface area contributed by atoms with Crippen LogP contribution in [0.5, 0.6) is 0 Å². The zero-order valence-corrected chi connectivity index (χ0v) is 24.1. The molecule has 2 saturated heterocycles. The molecular formula is C31H34F3N3O4S. The van der Waals surface area contributed by atoms with Crippen molar-refractivity contribution in [1.29, 1.82) is 0 Å². The molecule has 2 aliphatic heterocycles. The molecule has 2 aliphatic rings. The predicted octanol–water partition coefficient (Wildman–Crippen LogP) is 5.43. The zero-order valence-electron chi connectivity index (χ0n) is 23.3. The number of halogens is 3. The first-order valence-corrected chi connectivity index (χ1v) is 15.6. The first-order chi connectivity index (χ1) is 20.0. The lowest BCUT2D eigenvalue weighted by atomic mass is 9.86. The quantitative estimate of drug-likeness (QED) is 0.353. The summed E-state index contributed by atoms with van der Waals surface area (Å²) in [6.45, 7) is 4.50. The fourth-order valence-corrected chi connectivity index (χ4v) is 6.33. The number of carbonyl (C=O) groups is 1. The Bertz CT molecular complexity index is 1470.